The van der Waals surface area contributed by atoms with E-state index in [1.54, 1.807) is 0 Å². The zero-order chi connectivity index (χ0) is 11.9. The Balaban J connectivity index is 1.77. The van der Waals surface area contributed by atoms with Crippen LogP contribution in [0.4, 0.5) is 0 Å². The number of fused-ring (bicyclic) bond motifs is 1. The van der Waals surface area contributed by atoms with Crippen LogP contribution >= 0.6 is 0 Å². The molecule has 90 valence electrons. The summed E-state index contributed by atoms with van der Waals surface area (Å²) in [6, 6.07) is 10.1. The molecule has 0 amide bonds. The van der Waals surface area contributed by atoms with Crippen LogP contribution in [0.1, 0.15) is 12.2 Å². The number of ether oxygens (including phenoxy) is 1. The molecule has 0 fully saturated rings. The summed E-state index contributed by atoms with van der Waals surface area (Å²) in [7, 11) is 0. The molecule has 0 unspecified atom stereocenters. The van der Waals surface area contributed by atoms with Gasteiger partial charge in [0.1, 0.15) is 11.3 Å². The number of furan rings is 1. The van der Waals surface area contributed by atoms with Crippen molar-refractivity contribution in [3.05, 3.63) is 48.9 Å². The van der Waals surface area contributed by atoms with E-state index < -0.39 is 0 Å². The summed E-state index contributed by atoms with van der Waals surface area (Å²) in [5.41, 5.74) is 0.944. The first-order valence-corrected chi connectivity index (χ1v) is 5.81. The van der Waals surface area contributed by atoms with E-state index >= 15 is 0 Å². The highest BCUT2D eigenvalue weighted by Crippen LogP contribution is 2.18. The van der Waals surface area contributed by atoms with Gasteiger partial charge in [-0.15, -0.1) is 0 Å². The summed E-state index contributed by atoms with van der Waals surface area (Å²) in [4.78, 5) is 0. The molecular formula is C14H17NO2. The molecule has 1 heterocycles. The topological polar surface area (TPSA) is 34.4 Å². The minimum Gasteiger partial charge on any atom is -0.502 e. The van der Waals surface area contributed by atoms with Gasteiger partial charge < -0.3 is 14.5 Å². The van der Waals surface area contributed by atoms with E-state index in [1.807, 2.05) is 18.2 Å². The Hall–Kier alpha value is -1.74. The zero-order valence-electron chi connectivity index (χ0n) is 9.82. The summed E-state index contributed by atoms with van der Waals surface area (Å²) in [5, 5.41) is 4.47. The van der Waals surface area contributed by atoms with Gasteiger partial charge in [0.05, 0.1) is 19.4 Å². The molecule has 0 saturated carbocycles. The second kappa shape index (κ2) is 6.11. The van der Waals surface area contributed by atoms with E-state index in [-0.39, 0.29) is 0 Å². The lowest BCUT2D eigenvalue weighted by molar-refractivity contribution is 0.244. The van der Waals surface area contributed by atoms with Crippen LogP contribution in [0.5, 0.6) is 0 Å². The van der Waals surface area contributed by atoms with Gasteiger partial charge in [-0.2, -0.15) is 0 Å². The van der Waals surface area contributed by atoms with Gasteiger partial charge in [0.2, 0.25) is 0 Å². The maximum atomic E-state index is 5.69. The largest absolute Gasteiger partial charge is 0.502 e. The molecule has 0 aliphatic rings. The summed E-state index contributed by atoms with van der Waals surface area (Å²) >= 11 is 0. The smallest absolute Gasteiger partial charge is 0.134 e. The lowest BCUT2D eigenvalue weighted by Crippen LogP contribution is -2.15. The molecule has 1 aromatic carbocycles. The Labute approximate surface area is 101 Å². The third kappa shape index (κ3) is 3.36. The Morgan fingerprint density at radius 2 is 2.24 bits per heavy atom. The number of benzene rings is 1. The number of para-hydroxylation sites is 1. The Bertz CT molecular complexity index is 443. The van der Waals surface area contributed by atoms with Crippen LogP contribution in [-0.2, 0) is 11.3 Å². The highest BCUT2D eigenvalue weighted by atomic mass is 16.5. The fraction of sp³-hybridized carbons (Fsp3) is 0.286. The molecular weight excluding hydrogens is 214 g/mol. The molecule has 0 aliphatic carbocycles. The molecule has 0 aliphatic heterocycles. The number of hydrogen-bond acceptors (Lipinski definition) is 3. The molecule has 0 atom stereocenters. The SMILES string of the molecule is C=COCCCNCc1cc2ccccc2o1. The minimum absolute atomic E-state index is 0.705. The fourth-order valence-corrected chi connectivity index (χ4v) is 1.70. The van der Waals surface area contributed by atoms with Crippen molar-refractivity contribution >= 4 is 11.0 Å². The second-order valence-corrected chi connectivity index (χ2v) is 3.82. The Kier molecular flexibility index (Phi) is 4.22. The lowest BCUT2D eigenvalue weighted by atomic mass is 10.2. The van der Waals surface area contributed by atoms with E-state index in [0.717, 1.165) is 36.2 Å². The maximum Gasteiger partial charge on any atom is 0.134 e. The van der Waals surface area contributed by atoms with Crippen molar-refractivity contribution in [3.8, 4) is 0 Å². The molecule has 2 rings (SSSR count). The molecule has 1 aromatic heterocycles. The maximum absolute atomic E-state index is 5.69. The summed E-state index contributed by atoms with van der Waals surface area (Å²) < 4.78 is 10.7. The van der Waals surface area contributed by atoms with Crippen molar-refractivity contribution in [2.75, 3.05) is 13.2 Å². The number of rotatable bonds is 7. The summed E-state index contributed by atoms with van der Waals surface area (Å²) in [6.45, 7) is 5.86. The predicted octanol–water partition coefficient (Wildman–Crippen LogP) is 3.07. The fourth-order valence-electron chi connectivity index (χ4n) is 1.70. The van der Waals surface area contributed by atoms with Crippen LogP contribution in [0.25, 0.3) is 11.0 Å². The zero-order valence-corrected chi connectivity index (χ0v) is 9.82. The van der Waals surface area contributed by atoms with Gasteiger partial charge in [-0.05, 0) is 25.1 Å². The third-order valence-corrected chi connectivity index (χ3v) is 2.51. The van der Waals surface area contributed by atoms with E-state index in [9.17, 15) is 0 Å². The van der Waals surface area contributed by atoms with Crippen LogP contribution in [0.15, 0.2) is 47.6 Å². The van der Waals surface area contributed by atoms with Crippen LogP contribution in [0.2, 0.25) is 0 Å². The van der Waals surface area contributed by atoms with Gasteiger partial charge in [-0.1, -0.05) is 24.8 Å². The average Bonchev–Trinajstić information content (AvgIpc) is 2.76. The van der Waals surface area contributed by atoms with Crippen molar-refractivity contribution in [2.24, 2.45) is 0 Å². The third-order valence-electron chi connectivity index (χ3n) is 2.51. The van der Waals surface area contributed by atoms with Crippen LogP contribution in [-0.4, -0.2) is 13.2 Å². The van der Waals surface area contributed by atoms with Gasteiger partial charge in [0.15, 0.2) is 0 Å². The van der Waals surface area contributed by atoms with Crippen LogP contribution in [0, 0.1) is 0 Å². The standard InChI is InChI=1S/C14H17NO2/c1-2-16-9-5-8-15-11-13-10-12-6-3-4-7-14(12)17-13/h2-4,6-7,10,15H,1,5,8-9,11H2. The van der Waals surface area contributed by atoms with Gasteiger partial charge in [0.25, 0.3) is 0 Å². The van der Waals surface area contributed by atoms with Crippen molar-refractivity contribution in [1.82, 2.24) is 5.32 Å². The highest BCUT2D eigenvalue weighted by molar-refractivity contribution is 5.77. The summed E-state index contributed by atoms with van der Waals surface area (Å²) in [5.74, 6) is 0.968. The van der Waals surface area contributed by atoms with Crippen molar-refractivity contribution in [3.63, 3.8) is 0 Å². The highest BCUT2D eigenvalue weighted by Gasteiger charge is 2.01. The molecule has 17 heavy (non-hydrogen) atoms. The van der Waals surface area contributed by atoms with Crippen molar-refractivity contribution < 1.29 is 9.15 Å². The second-order valence-electron chi connectivity index (χ2n) is 3.82. The van der Waals surface area contributed by atoms with Gasteiger partial charge in [-0.25, -0.2) is 0 Å². The van der Waals surface area contributed by atoms with E-state index in [1.165, 1.54) is 6.26 Å². The Morgan fingerprint density at radius 1 is 1.35 bits per heavy atom. The molecule has 0 radical (unpaired) electrons. The van der Waals surface area contributed by atoms with E-state index in [2.05, 4.69) is 24.0 Å². The minimum atomic E-state index is 0.705. The predicted molar refractivity (Wildman–Crippen MR) is 68.7 cm³/mol. The molecule has 3 heteroatoms. The number of nitrogens with one attached hydrogen (secondary N) is 1. The molecule has 1 N–H and O–H groups in total. The number of hydrogen-bond donors (Lipinski definition) is 1. The molecule has 2 aromatic rings. The van der Waals surface area contributed by atoms with Gasteiger partial charge in [0, 0.05) is 5.39 Å². The van der Waals surface area contributed by atoms with E-state index in [4.69, 9.17) is 9.15 Å². The van der Waals surface area contributed by atoms with Crippen molar-refractivity contribution in [1.29, 1.82) is 0 Å². The summed E-state index contributed by atoms with van der Waals surface area (Å²) in [6.07, 6.45) is 2.44. The van der Waals surface area contributed by atoms with Gasteiger partial charge in [-0.3, -0.25) is 0 Å². The van der Waals surface area contributed by atoms with Crippen LogP contribution in [0.3, 0.4) is 0 Å². The Morgan fingerprint density at radius 3 is 3.06 bits per heavy atom. The van der Waals surface area contributed by atoms with Crippen molar-refractivity contribution in [2.45, 2.75) is 13.0 Å². The van der Waals surface area contributed by atoms with E-state index in [0.29, 0.717) is 6.61 Å². The average molecular weight is 231 g/mol. The first-order valence-electron chi connectivity index (χ1n) is 5.81. The molecule has 0 saturated heterocycles. The molecule has 0 spiro atoms. The lowest BCUT2D eigenvalue weighted by Gasteiger charge is -2.02. The first kappa shape index (κ1) is 11.7. The quantitative estimate of drug-likeness (QED) is 0.587. The normalized spacial score (nSPS) is 10.6. The van der Waals surface area contributed by atoms with Crippen LogP contribution < -0.4 is 5.32 Å². The molecule has 0 bridgehead atoms. The molecule has 3 nitrogen and oxygen atoms in total. The first-order chi connectivity index (χ1) is 8.40. The monoisotopic (exact) mass is 231 g/mol. The van der Waals surface area contributed by atoms with Gasteiger partial charge >= 0.3 is 0 Å².